The number of nitrogens with zero attached hydrogens (tertiary/aromatic N) is 3. The third-order valence-corrected chi connectivity index (χ3v) is 9.93. The molecule has 2 heterocycles. The Bertz CT molecular complexity index is 2390. The summed E-state index contributed by atoms with van der Waals surface area (Å²) in [6.07, 6.45) is 1.89. The van der Waals surface area contributed by atoms with Crippen LogP contribution in [0.2, 0.25) is 0 Å². The molecule has 0 aliphatic rings. The zero-order chi connectivity index (χ0) is 37.0. The molecule has 4 nitrogen and oxygen atoms in total. The first-order valence-electron chi connectivity index (χ1n) is 18.1. The second-order valence-electron chi connectivity index (χ2n) is 17.0. The molecule has 0 saturated carbocycles. The van der Waals surface area contributed by atoms with Gasteiger partial charge in [-0.2, -0.15) is 0 Å². The van der Waals surface area contributed by atoms with Crippen molar-refractivity contribution in [3.8, 4) is 56.3 Å². The number of phenolic OH excluding ortho intramolecular Hbond substituents is 1. The Hall–Kier alpha value is -4.79. The molecule has 5 aromatic carbocycles. The molecule has 53 heavy (non-hydrogen) atoms. The molecule has 0 radical (unpaired) electrons. The van der Waals surface area contributed by atoms with E-state index < -0.39 is 0 Å². The monoisotopic (exact) mass is 877 g/mol. The van der Waals surface area contributed by atoms with Crippen LogP contribution in [0.1, 0.15) is 79.0 Å². The van der Waals surface area contributed by atoms with E-state index in [0.29, 0.717) is 11.4 Å². The molecule has 0 aliphatic heterocycles. The fraction of sp³-hybridized carbons (Fsp3) is 0.250. The second-order valence-corrected chi connectivity index (χ2v) is 17.0. The Kier molecular flexibility index (Phi) is 10.2. The molecule has 0 saturated heterocycles. The van der Waals surface area contributed by atoms with Crippen LogP contribution >= 0.6 is 0 Å². The van der Waals surface area contributed by atoms with Gasteiger partial charge in [-0.1, -0.05) is 134 Å². The number of phenols is 1. The maximum Gasteiger partial charge on any atom is 0.148 e. The van der Waals surface area contributed by atoms with E-state index in [1.165, 1.54) is 16.7 Å². The maximum absolute atomic E-state index is 11.7. The summed E-state index contributed by atoms with van der Waals surface area (Å²) in [6.45, 7) is 20.2. The minimum absolute atomic E-state index is 0. The van der Waals surface area contributed by atoms with Gasteiger partial charge in [-0.15, -0.1) is 29.8 Å². The Morgan fingerprint density at radius 3 is 1.85 bits per heavy atom. The molecule has 7 rings (SSSR count). The number of fused-ring (bicyclic) bond motifs is 1. The summed E-state index contributed by atoms with van der Waals surface area (Å²) in [5, 5.41) is 11.7. The van der Waals surface area contributed by atoms with Gasteiger partial charge in [0.2, 0.25) is 0 Å². The standard InChI is InChI=1S/C48H48N3O.Pt/c1-46(2,3)35-23-24-49-41(30-35)34-18-13-17-33(25-34)39-19-14-20-42-44(39)50-45(40-22-21-32(26-43(40)52)31-15-11-10-12-16-31)51(42)38-28-36(47(4,5)6)27-37(29-38)48(7,8)9;/h10-24,26-30,52H,1-9H3;/q-1;. The van der Waals surface area contributed by atoms with Crippen molar-refractivity contribution in [2.75, 3.05) is 0 Å². The maximum atomic E-state index is 11.7. The zero-order valence-corrected chi connectivity index (χ0v) is 34.4. The molecule has 0 amide bonds. The van der Waals surface area contributed by atoms with Crippen molar-refractivity contribution in [2.24, 2.45) is 0 Å². The number of aromatic hydroxyl groups is 1. The Labute approximate surface area is 329 Å². The van der Waals surface area contributed by atoms with Gasteiger partial charge in [-0.3, -0.25) is 9.55 Å². The van der Waals surface area contributed by atoms with Gasteiger partial charge >= 0.3 is 0 Å². The van der Waals surface area contributed by atoms with Crippen molar-refractivity contribution in [3.05, 3.63) is 144 Å². The van der Waals surface area contributed by atoms with Gasteiger partial charge in [0.05, 0.1) is 16.6 Å². The topological polar surface area (TPSA) is 50.9 Å². The van der Waals surface area contributed by atoms with Gasteiger partial charge in [0.25, 0.3) is 0 Å². The van der Waals surface area contributed by atoms with E-state index >= 15 is 0 Å². The van der Waals surface area contributed by atoms with Crippen molar-refractivity contribution < 1.29 is 26.2 Å². The van der Waals surface area contributed by atoms with Crippen molar-refractivity contribution in [1.29, 1.82) is 0 Å². The van der Waals surface area contributed by atoms with Gasteiger partial charge in [0.15, 0.2) is 0 Å². The first-order valence-corrected chi connectivity index (χ1v) is 18.1. The molecule has 0 atom stereocenters. The molecule has 2 aromatic heterocycles. The normalized spacial score (nSPS) is 12.2. The summed E-state index contributed by atoms with van der Waals surface area (Å²) in [7, 11) is 0. The summed E-state index contributed by atoms with van der Waals surface area (Å²) >= 11 is 0. The molecule has 7 aromatic rings. The third kappa shape index (κ3) is 7.66. The Balaban J connectivity index is 0.00000481. The van der Waals surface area contributed by atoms with Crippen LogP contribution < -0.4 is 0 Å². The molecule has 0 spiro atoms. The van der Waals surface area contributed by atoms with Crippen LogP contribution in [0.3, 0.4) is 0 Å². The first-order chi connectivity index (χ1) is 24.6. The second kappa shape index (κ2) is 14.2. The molecule has 0 unspecified atom stereocenters. The van der Waals surface area contributed by atoms with Gasteiger partial charge in [0, 0.05) is 38.6 Å². The van der Waals surface area contributed by atoms with Gasteiger partial charge < -0.3 is 5.11 Å². The third-order valence-electron chi connectivity index (χ3n) is 9.93. The van der Waals surface area contributed by atoms with Gasteiger partial charge in [0.1, 0.15) is 11.6 Å². The van der Waals surface area contributed by atoms with E-state index in [2.05, 4.69) is 158 Å². The van der Waals surface area contributed by atoms with E-state index in [9.17, 15) is 5.11 Å². The van der Waals surface area contributed by atoms with E-state index in [0.717, 1.165) is 50.2 Å². The number of imidazole rings is 1. The molecule has 0 aliphatic carbocycles. The van der Waals surface area contributed by atoms with E-state index in [4.69, 9.17) is 9.97 Å². The number of pyridine rings is 1. The molecular weight excluding hydrogens is 830 g/mol. The fourth-order valence-electron chi connectivity index (χ4n) is 6.72. The average Bonchev–Trinajstić information content (AvgIpc) is 3.50. The molecular formula is C48H48N3OPt-. The number of hydrogen-bond donors (Lipinski definition) is 1. The van der Waals surface area contributed by atoms with Crippen molar-refractivity contribution in [3.63, 3.8) is 0 Å². The van der Waals surface area contributed by atoms with Crippen LogP contribution in [0.4, 0.5) is 0 Å². The van der Waals surface area contributed by atoms with Crippen LogP contribution in [0.15, 0.2) is 121 Å². The Morgan fingerprint density at radius 2 is 1.21 bits per heavy atom. The number of rotatable bonds is 5. The summed E-state index contributed by atoms with van der Waals surface area (Å²) in [5.41, 5.74) is 12.8. The fourth-order valence-corrected chi connectivity index (χ4v) is 6.72. The molecule has 0 bridgehead atoms. The smallest absolute Gasteiger partial charge is 0.148 e. The van der Waals surface area contributed by atoms with Crippen LogP contribution in [0.25, 0.3) is 61.6 Å². The quantitative estimate of drug-likeness (QED) is 0.175. The number of benzene rings is 5. The summed E-state index contributed by atoms with van der Waals surface area (Å²) < 4.78 is 2.22. The summed E-state index contributed by atoms with van der Waals surface area (Å²) in [4.78, 5) is 10.1. The van der Waals surface area contributed by atoms with E-state index in [-0.39, 0.29) is 43.1 Å². The SMILES string of the molecule is CC(C)(C)c1cc(-n2c(-c3ccc(-c4ccccc4)cc3O)nc3c(-c4[c-]c(-c5cc(C(C)(C)C)ccn5)ccc4)cccc32)cc(C(C)(C)C)c1.[Pt]. The zero-order valence-electron chi connectivity index (χ0n) is 32.2. The van der Waals surface area contributed by atoms with Crippen LogP contribution in [0.5, 0.6) is 5.75 Å². The summed E-state index contributed by atoms with van der Waals surface area (Å²) in [5.74, 6) is 0.863. The average molecular weight is 878 g/mol. The van der Waals surface area contributed by atoms with E-state index in [1.54, 1.807) is 0 Å². The van der Waals surface area contributed by atoms with Crippen molar-refractivity contribution >= 4 is 11.0 Å². The molecule has 1 N–H and O–H groups in total. The molecule has 272 valence electrons. The van der Waals surface area contributed by atoms with Crippen molar-refractivity contribution in [2.45, 2.75) is 78.6 Å². The molecule has 5 heteroatoms. The van der Waals surface area contributed by atoms with Crippen molar-refractivity contribution in [1.82, 2.24) is 14.5 Å². The van der Waals surface area contributed by atoms with Crippen LogP contribution in [-0.2, 0) is 37.3 Å². The van der Waals surface area contributed by atoms with Gasteiger partial charge in [-0.05, 0) is 80.5 Å². The van der Waals surface area contributed by atoms with Crippen LogP contribution in [0, 0.1) is 6.07 Å². The predicted octanol–water partition coefficient (Wildman–Crippen LogP) is 12.5. The minimum Gasteiger partial charge on any atom is -0.507 e. The predicted molar refractivity (Wildman–Crippen MR) is 217 cm³/mol. The number of aromatic nitrogens is 3. The Morgan fingerprint density at radius 1 is 0.566 bits per heavy atom. The number of hydrogen-bond acceptors (Lipinski definition) is 3. The first kappa shape index (κ1) is 37.9. The van der Waals surface area contributed by atoms with E-state index in [1.807, 2.05) is 36.5 Å². The minimum atomic E-state index is -0.0785. The molecule has 0 fully saturated rings. The largest absolute Gasteiger partial charge is 0.507 e. The number of para-hydroxylation sites is 1. The summed E-state index contributed by atoms with van der Waals surface area (Å²) in [6, 6.07) is 43.5. The van der Waals surface area contributed by atoms with Crippen LogP contribution in [-0.4, -0.2) is 19.6 Å². The van der Waals surface area contributed by atoms with Gasteiger partial charge in [-0.25, -0.2) is 4.98 Å².